The van der Waals surface area contributed by atoms with Gasteiger partial charge in [0.15, 0.2) is 0 Å². The summed E-state index contributed by atoms with van der Waals surface area (Å²) in [5.74, 6) is 0.362. The van der Waals surface area contributed by atoms with Crippen molar-refractivity contribution in [2.45, 2.75) is 32.9 Å². The monoisotopic (exact) mass is 498 g/mol. The summed E-state index contributed by atoms with van der Waals surface area (Å²) in [7, 11) is 0. The van der Waals surface area contributed by atoms with Crippen molar-refractivity contribution in [1.82, 2.24) is 5.32 Å². The van der Waals surface area contributed by atoms with Crippen LogP contribution in [0.4, 0.5) is 39.8 Å². The van der Waals surface area contributed by atoms with Gasteiger partial charge in [-0.15, -0.1) is 0 Å². The van der Waals surface area contributed by atoms with Gasteiger partial charge >= 0.3 is 18.2 Å². The van der Waals surface area contributed by atoms with Crippen LogP contribution in [0.15, 0.2) is 72.8 Å². The van der Waals surface area contributed by atoms with Crippen molar-refractivity contribution in [3.8, 4) is 0 Å². The SMILES string of the molecule is Cc1ccc(NC(=O)N(CCNC(=O)Nc2ccc(C(C)C)cc2)c2cccc(C(F)(F)F)c2)cc1. The average Bonchev–Trinajstić information content (AvgIpc) is 2.83. The summed E-state index contributed by atoms with van der Waals surface area (Å²) in [6.45, 7) is 5.99. The standard InChI is InChI=1S/C27H29F3N4O2/c1-18(2)20-9-13-22(14-10-20)32-25(35)31-15-16-34(24-6-4-5-21(17-24)27(28,29)30)26(36)33-23-11-7-19(3)8-12-23/h4-14,17-18H,15-16H2,1-3H3,(H,33,36)(H2,31,32,35). The zero-order valence-electron chi connectivity index (χ0n) is 20.3. The number of nitrogens with one attached hydrogen (secondary N) is 3. The van der Waals surface area contributed by atoms with Crippen molar-refractivity contribution < 1.29 is 22.8 Å². The van der Waals surface area contributed by atoms with Gasteiger partial charge in [0.05, 0.1) is 5.56 Å². The number of rotatable bonds is 7. The minimum atomic E-state index is -4.56. The molecular formula is C27H29F3N4O2. The zero-order valence-corrected chi connectivity index (χ0v) is 20.3. The summed E-state index contributed by atoms with van der Waals surface area (Å²) in [6, 6.07) is 17.8. The van der Waals surface area contributed by atoms with Gasteiger partial charge in [0.1, 0.15) is 0 Å². The van der Waals surface area contributed by atoms with Gasteiger partial charge in [-0.1, -0.05) is 49.7 Å². The summed E-state index contributed by atoms with van der Waals surface area (Å²) in [5.41, 5.74) is 2.42. The highest BCUT2D eigenvalue weighted by Gasteiger charge is 2.31. The highest BCUT2D eigenvalue weighted by molar-refractivity contribution is 6.02. The van der Waals surface area contributed by atoms with Crippen molar-refractivity contribution in [3.63, 3.8) is 0 Å². The van der Waals surface area contributed by atoms with E-state index in [9.17, 15) is 22.8 Å². The first-order valence-electron chi connectivity index (χ1n) is 11.5. The Morgan fingerprint density at radius 3 is 2.11 bits per heavy atom. The van der Waals surface area contributed by atoms with Crippen molar-refractivity contribution in [1.29, 1.82) is 0 Å². The lowest BCUT2D eigenvalue weighted by atomic mass is 10.0. The van der Waals surface area contributed by atoms with Gasteiger partial charge in [-0.25, -0.2) is 9.59 Å². The Morgan fingerprint density at radius 2 is 1.50 bits per heavy atom. The van der Waals surface area contributed by atoms with Crippen LogP contribution in [0.1, 0.15) is 36.5 Å². The van der Waals surface area contributed by atoms with Crippen molar-refractivity contribution in [3.05, 3.63) is 89.5 Å². The summed E-state index contributed by atoms with van der Waals surface area (Å²) in [6.07, 6.45) is -4.56. The molecule has 0 aromatic heterocycles. The summed E-state index contributed by atoms with van der Waals surface area (Å²) >= 11 is 0. The van der Waals surface area contributed by atoms with Gasteiger partial charge in [0.2, 0.25) is 0 Å². The number of carbonyl (C=O) groups is 2. The molecule has 0 saturated carbocycles. The molecule has 3 aromatic rings. The van der Waals surface area contributed by atoms with Crippen LogP contribution < -0.4 is 20.9 Å². The van der Waals surface area contributed by atoms with E-state index in [0.717, 1.165) is 28.2 Å². The number of anilines is 3. The maximum Gasteiger partial charge on any atom is 0.416 e. The third-order valence-corrected chi connectivity index (χ3v) is 5.49. The van der Waals surface area contributed by atoms with E-state index in [2.05, 4.69) is 29.8 Å². The first kappa shape index (κ1) is 26.6. The summed E-state index contributed by atoms with van der Waals surface area (Å²) < 4.78 is 39.8. The van der Waals surface area contributed by atoms with E-state index in [1.807, 2.05) is 31.2 Å². The molecule has 0 saturated heterocycles. The molecule has 36 heavy (non-hydrogen) atoms. The lowest BCUT2D eigenvalue weighted by molar-refractivity contribution is -0.137. The van der Waals surface area contributed by atoms with E-state index < -0.39 is 23.8 Å². The average molecular weight is 499 g/mol. The third-order valence-electron chi connectivity index (χ3n) is 5.49. The topological polar surface area (TPSA) is 73.5 Å². The van der Waals surface area contributed by atoms with Crippen LogP contribution in [0, 0.1) is 6.92 Å². The van der Waals surface area contributed by atoms with E-state index in [0.29, 0.717) is 17.3 Å². The van der Waals surface area contributed by atoms with Crippen LogP contribution in [0.25, 0.3) is 0 Å². The molecule has 0 atom stereocenters. The number of urea groups is 2. The Hall–Kier alpha value is -4.01. The molecule has 0 radical (unpaired) electrons. The van der Waals surface area contributed by atoms with Gasteiger partial charge in [0.25, 0.3) is 0 Å². The molecular weight excluding hydrogens is 469 g/mol. The predicted molar refractivity (Wildman–Crippen MR) is 137 cm³/mol. The Balaban J connectivity index is 1.69. The van der Waals surface area contributed by atoms with E-state index in [-0.39, 0.29) is 18.8 Å². The van der Waals surface area contributed by atoms with Gasteiger partial charge in [-0.2, -0.15) is 13.2 Å². The number of amides is 4. The second-order valence-electron chi connectivity index (χ2n) is 8.65. The highest BCUT2D eigenvalue weighted by atomic mass is 19.4. The number of aryl methyl sites for hydroxylation is 1. The van der Waals surface area contributed by atoms with Crippen LogP contribution >= 0.6 is 0 Å². The number of halogens is 3. The van der Waals surface area contributed by atoms with E-state index in [4.69, 9.17) is 0 Å². The fourth-order valence-corrected chi connectivity index (χ4v) is 3.43. The predicted octanol–water partition coefficient (Wildman–Crippen LogP) is 7.00. The molecule has 3 rings (SSSR count). The van der Waals surface area contributed by atoms with Crippen LogP contribution in [0.3, 0.4) is 0 Å². The molecule has 6 nitrogen and oxygen atoms in total. The van der Waals surface area contributed by atoms with Crippen LogP contribution in [-0.4, -0.2) is 25.2 Å². The van der Waals surface area contributed by atoms with Crippen molar-refractivity contribution >= 4 is 29.1 Å². The molecule has 0 fully saturated rings. The number of nitrogens with zero attached hydrogens (tertiary/aromatic N) is 1. The molecule has 0 spiro atoms. The smallest absolute Gasteiger partial charge is 0.336 e. The maximum absolute atomic E-state index is 13.3. The van der Waals surface area contributed by atoms with Gasteiger partial charge < -0.3 is 16.0 Å². The number of carbonyl (C=O) groups excluding carboxylic acids is 2. The number of benzene rings is 3. The Morgan fingerprint density at radius 1 is 0.889 bits per heavy atom. The molecule has 0 heterocycles. The second-order valence-corrected chi connectivity index (χ2v) is 8.65. The number of hydrogen-bond donors (Lipinski definition) is 3. The zero-order chi connectivity index (χ0) is 26.3. The Kier molecular flexibility index (Phi) is 8.58. The van der Waals surface area contributed by atoms with E-state index in [1.54, 1.807) is 24.3 Å². The molecule has 9 heteroatoms. The largest absolute Gasteiger partial charge is 0.416 e. The molecule has 0 aliphatic heterocycles. The third kappa shape index (κ3) is 7.49. The summed E-state index contributed by atoms with van der Waals surface area (Å²) in [4.78, 5) is 26.5. The molecule has 4 amide bonds. The molecule has 0 aliphatic carbocycles. The van der Waals surface area contributed by atoms with Gasteiger partial charge in [0, 0.05) is 30.2 Å². The maximum atomic E-state index is 13.3. The van der Waals surface area contributed by atoms with E-state index in [1.165, 1.54) is 12.1 Å². The van der Waals surface area contributed by atoms with Crippen LogP contribution in [0.5, 0.6) is 0 Å². The molecule has 190 valence electrons. The Bertz CT molecular complexity index is 1180. The van der Waals surface area contributed by atoms with Gasteiger partial charge in [-0.3, -0.25) is 4.90 Å². The minimum absolute atomic E-state index is 0.00741. The Labute approximate surface area is 208 Å². The quantitative estimate of drug-likeness (QED) is 0.328. The number of alkyl halides is 3. The first-order valence-corrected chi connectivity index (χ1v) is 11.5. The fourth-order valence-electron chi connectivity index (χ4n) is 3.43. The first-order chi connectivity index (χ1) is 17.0. The fraction of sp³-hybridized carbons (Fsp3) is 0.259. The normalized spacial score (nSPS) is 11.2. The number of hydrogen-bond acceptors (Lipinski definition) is 2. The molecule has 3 N–H and O–H groups in total. The lowest BCUT2D eigenvalue weighted by Crippen LogP contribution is -2.42. The van der Waals surface area contributed by atoms with Crippen molar-refractivity contribution in [2.24, 2.45) is 0 Å². The van der Waals surface area contributed by atoms with Crippen molar-refractivity contribution in [2.75, 3.05) is 28.6 Å². The van der Waals surface area contributed by atoms with Crippen LogP contribution in [-0.2, 0) is 6.18 Å². The minimum Gasteiger partial charge on any atom is -0.336 e. The molecule has 0 bridgehead atoms. The lowest BCUT2D eigenvalue weighted by Gasteiger charge is -2.24. The molecule has 0 aliphatic rings. The van der Waals surface area contributed by atoms with Gasteiger partial charge in [-0.05, 0) is 60.9 Å². The molecule has 0 unspecified atom stereocenters. The second kappa shape index (κ2) is 11.6. The highest BCUT2D eigenvalue weighted by Crippen LogP contribution is 2.31. The molecule has 3 aromatic carbocycles. The van der Waals surface area contributed by atoms with E-state index >= 15 is 0 Å². The van der Waals surface area contributed by atoms with Crippen LogP contribution in [0.2, 0.25) is 0 Å². The summed E-state index contributed by atoms with van der Waals surface area (Å²) in [5, 5.41) is 8.05.